The zero-order valence-electron chi connectivity index (χ0n) is 27.8. The number of halogens is 2. The summed E-state index contributed by atoms with van der Waals surface area (Å²) in [5.74, 6) is -1.78. The average Bonchev–Trinajstić information content (AvgIpc) is 3.51. The Morgan fingerprint density at radius 1 is 1.02 bits per heavy atom. The van der Waals surface area contributed by atoms with Crippen molar-refractivity contribution in [3.8, 4) is 17.2 Å². The molecule has 48 heavy (non-hydrogen) atoms. The van der Waals surface area contributed by atoms with Gasteiger partial charge >= 0.3 is 12.2 Å². The lowest BCUT2D eigenvalue weighted by atomic mass is 9.92. The lowest BCUT2D eigenvalue weighted by Gasteiger charge is -2.42. The standard InChI is InChI=1S/C34H36F2N6O5S/c1-17-24-26(19-8-9-22(35)28-25(19)21(15-37)29(48-28)38-31(44)46-33(2,3)4)23(36)14-20-27(24)42(39-17)11-10-18-16-40(12-13-41(18)30(20)43)32(45)47-34(5,6)7/h8-9,14,18H,10-13,16H2,1-7H3,(H,38,44). The molecule has 3 amide bonds. The van der Waals surface area contributed by atoms with E-state index in [0.29, 0.717) is 29.6 Å². The van der Waals surface area contributed by atoms with Gasteiger partial charge in [-0.3, -0.25) is 14.8 Å². The van der Waals surface area contributed by atoms with Crippen LogP contribution in [-0.4, -0.2) is 74.6 Å². The number of hydrogen-bond donors (Lipinski definition) is 1. The van der Waals surface area contributed by atoms with Crippen LogP contribution in [0.15, 0.2) is 18.2 Å². The van der Waals surface area contributed by atoms with Crippen molar-refractivity contribution < 1.29 is 32.6 Å². The van der Waals surface area contributed by atoms with Crippen LogP contribution in [0.4, 0.5) is 23.4 Å². The van der Waals surface area contributed by atoms with E-state index >= 15 is 8.78 Å². The molecule has 6 rings (SSSR count). The molecule has 1 atom stereocenters. The molecule has 0 saturated carbocycles. The number of amides is 3. The SMILES string of the molecule is Cc1nn2c3c(cc(F)c(-c4ccc(F)c5sc(NC(=O)OC(C)(C)C)c(C#N)c45)c13)C(=O)N1CCN(C(=O)OC(C)(C)C)CC1CC2. The first-order valence-electron chi connectivity index (χ1n) is 15.6. The van der Waals surface area contributed by atoms with Crippen LogP contribution in [0.2, 0.25) is 0 Å². The van der Waals surface area contributed by atoms with Gasteiger partial charge in [-0.2, -0.15) is 10.4 Å². The Hall–Kier alpha value is -4.77. The van der Waals surface area contributed by atoms with E-state index < -0.39 is 35.0 Å². The minimum absolute atomic E-state index is 0.0417. The highest BCUT2D eigenvalue weighted by Crippen LogP contribution is 2.46. The van der Waals surface area contributed by atoms with Gasteiger partial charge in [-0.25, -0.2) is 18.4 Å². The molecule has 252 valence electrons. The maximum absolute atomic E-state index is 16.5. The Labute approximate surface area is 280 Å². The molecule has 0 aliphatic carbocycles. The molecular formula is C34H36F2N6O5S. The van der Waals surface area contributed by atoms with Gasteiger partial charge in [0, 0.05) is 42.5 Å². The van der Waals surface area contributed by atoms with E-state index in [4.69, 9.17) is 14.6 Å². The molecular weight excluding hydrogens is 642 g/mol. The predicted octanol–water partition coefficient (Wildman–Crippen LogP) is 7.19. The molecule has 1 N–H and O–H groups in total. The van der Waals surface area contributed by atoms with Crippen molar-refractivity contribution in [2.24, 2.45) is 0 Å². The van der Waals surface area contributed by atoms with E-state index in [1.54, 1.807) is 62.9 Å². The molecule has 14 heteroatoms. The average molecular weight is 679 g/mol. The van der Waals surface area contributed by atoms with E-state index in [-0.39, 0.29) is 68.9 Å². The summed E-state index contributed by atoms with van der Waals surface area (Å²) in [6.45, 7) is 13.3. The van der Waals surface area contributed by atoms with Crippen molar-refractivity contribution in [1.29, 1.82) is 5.26 Å². The minimum Gasteiger partial charge on any atom is -0.444 e. The zero-order chi connectivity index (χ0) is 34.9. The van der Waals surface area contributed by atoms with Crippen LogP contribution in [0.3, 0.4) is 0 Å². The lowest BCUT2D eigenvalue weighted by molar-refractivity contribution is 0.00275. The zero-order valence-corrected chi connectivity index (χ0v) is 28.6. The van der Waals surface area contributed by atoms with Crippen molar-refractivity contribution in [2.75, 3.05) is 25.0 Å². The molecule has 1 fully saturated rings. The number of carbonyl (C=O) groups is 3. The third-order valence-electron chi connectivity index (χ3n) is 8.23. The van der Waals surface area contributed by atoms with Crippen molar-refractivity contribution >= 4 is 55.4 Å². The normalized spacial score (nSPS) is 16.8. The van der Waals surface area contributed by atoms with Crippen LogP contribution in [0, 0.1) is 29.9 Å². The number of benzene rings is 2. The van der Waals surface area contributed by atoms with Crippen molar-refractivity contribution in [3.05, 3.63) is 46.7 Å². The fraction of sp³-hybridized carbons (Fsp3) is 0.441. The first-order chi connectivity index (χ1) is 22.5. The number of nitrogens with one attached hydrogen (secondary N) is 1. The Morgan fingerprint density at radius 3 is 2.40 bits per heavy atom. The van der Waals surface area contributed by atoms with Gasteiger partial charge in [0.05, 0.1) is 33.1 Å². The first-order valence-corrected chi connectivity index (χ1v) is 16.4. The van der Waals surface area contributed by atoms with E-state index in [2.05, 4.69) is 11.4 Å². The molecule has 2 aromatic carbocycles. The minimum atomic E-state index is -0.819. The highest BCUT2D eigenvalue weighted by Gasteiger charge is 2.38. The highest BCUT2D eigenvalue weighted by molar-refractivity contribution is 7.23. The van der Waals surface area contributed by atoms with Gasteiger partial charge in [-0.15, -0.1) is 11.3 Å². The number of hydrogen-bond acceptors (Lipinski definition) is 8. The summed E-state index contributed by atoms with van der Waals surface area (Å²) in [7, 11) is 0. The molecule has 2 aromatic heterocycles. The van der Waals surface area contributed by atoms with Crippen LogP contribution in [0.1, 0.15) is 69.6 Å². The maximum Gasteiger partial charge on any atom is 0.412 e. The lowest BCUT2D eigenvalue weighted by Crippen LogP contribution is -2.57. The third kappa shape index (κ3) is 5.91. The second-order valence-electron chi connectivity index (χ2n) is 14.0. The van der Waals surface area contributed by atoms with Crippen LogP contribution in [-0.2, 0) is 16.0 Å². The highest BCUT2D eigenvalue weighted by atomic mass is 32.1. The molecule has 4 aromatic rings. The monoisotopic (exact) mass is 678 g/mol. The Balaban J connectivity index is 1.45. The van der Waals surface area contributed by atoms with Crippen molar-refractivity contribution in [1.82, 2.24) is 19.6 Å². The van der Waals surface area contributed by atoms with Crippen LogP contribution in [0.25, 0.3) is 32.1 Å². The summed E-state index contributed by atoms with van der Waals surface area (Å²) in [5.41, 5.74) is -0.229. The first kappa shape index (κ1) is 33.1. The van der Waals surface area contributed by atoms with E-state index in [1.807, 2.05) is 0 Å². The number of nitrogens with zero attached hydrogens (tertiary/aromatic N) is 5. The van der Waals surface area contributed by atoms with Gasteiger partial charge in [0.2, 0.25) is 0 Å². The number of ether oxygens (including phenoxy) is 2. The maximum atomic E-state index is 16.5. The number of rotatable bonds is 2. The smallest absolute Gasteiger partial charge is 0.412 e. The fourth-order valence-electron chi connectivity index (χ4n) is 6.39. The number of fused-ring (bicyclic) bond motifs is 2. The quantitative estimate of drug-likeness (QED) is 0.238. The van der Waals surface area contributed by atoms with Gasteiger partial charge in [0.25, 0.3) is 5.91 Å². The summed E-state index contributed by atoms with van der Waals surface area (Å²) in [5, 5.41) is 18.0. The van der Waals surface area contributed by atoms with Gasteiger partial charge in [0.15, 0.2) is 0 Å². The second-order valence-corrected chi connectivity index (χ2v) is 15.0. The number of aromatic nitrogens is 2. The second kappa shape index (κ2) is 11.7. The number of nitriles is 1. The number of piperazine rings is 1. The fourth-order valence-corrected chi connectivity index (χ4v) is 7.46. The van der Waals surface area contributed by atoms with Crippen LogP contribution < -0.4 is 5.32 Å². The molecule has 1 saturated heterocycles. The molecule has 0 bridgehead atoms. The summed E-state index contributed by atoms with van der Waals surface area (Å²) in [4.78, 5) is 42.8. The molecule has 4 heterocycles. The Kier molecular flexibility index (Phi) is 8.10. The summed E-state index contributed by atoms with van der Waals surface area (Å²) in [6, 6.07) is 5.48. The molecule has 0 radical (unpaired) electrons. The Morgan fingerprint density at radius 2 is 1.73 bits per heavy atom. The largest absolute Gasteiger partial charge is 0.444 e. The van der Waals surface area contributed by atoms with Gasteiger partial charge in [-0.05, 0) is 72.6 Å². The molecule has 2 aliphatic rings. The van der Waals surface area contributed by atoms with Crippen molar-refractivity contribution in [3.63, 3.8) is 0 Å². The number of aryl methyl sites for hydroxylation is 2. The van der Waals surface area contributed by atoms with Crippen LogP contribution in [0.5, 0.6) is 0 Å². The van der Waals surface area contributed by atoms with Gasteiger partial charge in [-0.1, -0.05) is 6.07 Å². The summed E-state index contributed by atoms with van der Waals surface area (Å²) >= 11 is 0.851. The number of anilines is 1. The molecule has 11 nitrogen and oxygen atoms in total. The molecule has 2 aliphatic heterocycles. The molecule has 1 unspecified atom stereocenters. The van der Waals surface area contributed by atoms with E-state index in [0.717, 1.165) is 11.3 Å². The third-order valence-corrected chi connectivity index (χ3v) is 9.34. The predicted molar refractivity (Wildman–Crippen MR) is 177 cm³/mol. The molecule has 0 spiro atoms. The van der Waals surface area contributed by atoms with Crippen LogP contribution >= 0.6 is 11.3 Å². The Bertz CT molecular complexity index is 2050. The van der Waals surface area contributed by atoms with Crippen molar-refractivity contribution in [2.45, 2.75) is 78.7 Å². The number of thiophene rings is 1. The number of carbonyl (C=O) groups excluding carboxylic acids is 3. The summed E-state index contributed by atoms with van der Waals surface area (Å²) in [6.07, 6.45) is -0.789. The topological polar surface area (TPSA) is 130 Å². The summed E-state index contributed by atoms with van der Waals surface area (Å²) < 4.78 is 44.5. The van der Waals surface area contributed by atoms with E-state index in [1.165, 1.54) is 18.2 Å². The van der Waals surface area contributed by atoms with Gasteiger partial charge < -0.3 is 19.3 Å². The van der Waals surface area contributed by atoms with E-state index in [9.17, 15) is 19.6 Å². The van der Waals surface area contributed by atoms with Gasteiger partial charge in [0.1, 0.15) is 33.9 Å².